The highest BCUT2D eigenvalue weighted by Gasteiger charge is 2.12. The fraction of sp³-hybridized carbons (Fsp3) is 0.273. The fourth-order valence-corrected chi connectivity index (χ4v) is 1.50. The van der Waals surface area contributed by atoms with Crippen LogP contribution in [0.25, 0.3) is 0 Å². The van der Waals surface area contributed by atoms with Gasteiger partial charge in [-0.05, 0) is 12.5 Å². The Balaban J connectivity index is 2.65. The Labute approximate surface area is 113 Å². The van der Waals surface area contributed by atoms with Crippen molar-refractivity contribution in [1.29, 1.82) is 0 Å². The molecule has 1 amide bonds. The zero-order valence-electron chi connectivity index (χ0n) is 9.76. The summed E-state index contributed by atoms with van der Waals surface area (Å²) in [6.07, 6.45) is 0.0785. The molecule has 1 aromatic carbocycles. The van der Waals surface area contributed by atoms with E-state index in [1.54, 1.807) is 0 Å². The summed E-state index contributed by atoms with van der Waals surface area (Å²) in [4.78, 5) is 31.8. The van der Waals surface area contributed by atoms with Crippen LogP contribution < -0.4 is 5.32 Å². The Hall–Kier alpha value is -2.15. The number of rotatable bonds is 6. The lowest BCUT2D eigenvalue weighted by Gasteiger charge is -2.06. The van der Waals surface area contributed by atoms with Crippen LogP contribution in [0.1, 0.15) is 19.3 Å². The summed E-state index contributed by atoms with van der Waals surface area (Å²) in [5, 5.41) is 21.6. The molecule has 0 aliphatic carbocycles. The van der Waals surface area contributed by atoms with E-state index in [-0.39, 0.29) is 35.7 Å². The Kier molecular flexibility index (Phi) is 5.25. The first-order valence-electron chi connectivity index (χ1n) is 5.35. The van der Waals surface area contributed by atoms with Gasteiger partial charge in [0.1, 0.15) is 0 Å². The lowest BCUT2D eigenvalue weighted by Crippen LogP contribution is -2.12. The van der Waals surface area contributed by atoms with Crippen molar-refractivity contribution in [2.75, 3.05) is 5.32 Å². The van der Waals surface area contributed by atoms with E-state index < -0.39 is 16.8 Å². The smallest absolute Gasteiger partial charge is 0.303 e. The molecule has 2 N–H and O–H groups in total. The highest BCUT2D eigenvalue weighted by atomic mass is 35.5. The average molecular weight is 287 g/mol. The minimum Gasteiger partial charge on any atom is -0.481 e. The van der Waals surface area contributed by atoms with Gasteiger partial charge in [0.05, 0.1) is 15.6 Å². The van der Waals surface area contributed by atoms with Crippen molar-refractivity contribution in [1.82, 2.24) is 0 Å². The van der Waals surface area contributed by atoms with Crippen molar-refractivity contribution < 1.29 is 19.6 Å². The molecule has 0 saturated heterocycles. The topological polar surface area (TPSA) is 110 Å². The molecule has 0 atom stereocenters. The number of carbonyl (C=O) groups excluding carboxylic acids is 1. The second kappa shape index (κ2) is 6.69. The minimum absolute atomic E-state index is 0.00528. The van der Waals surface area contributed by atoms with E-state index in [4.69, 9.17) is 16.7 Å². The summed E-state index contributed by atoms with van der Waals surface area (Å²) < 4.78 is 0. The SMILES string of the molecule is O=C(O)CCCC(=O)Nc1cc([N+](=O)[O-])ccc1Cl. The normalized spacial score (nSPS) is 9.95. The number of carbonyl (C=O) groups is 2. The monoisotopic (exact) mass is 286 g/mol. The molecule has 0 spiro atoms. The molecular formula is C11H11ClN2O5. The maximum absolute atomic E-state index is 11.5. The van der Waals surface area contributed by atoms with Crippen LogP contribution >= 0.6 is 11.6 Å². The van der Waals surface area contributed by atoms with Gasteiger partial charge >= 0.3 is 5.97 Å². The van der Waals surface area contributed by atoms with Gasteiger partial charge < -0.3 is 10.4 Å². The van der Waals surface area contributed by atoms with Gasteiger partial charge in [0.25, 0.3) is 5.69 Å². The Morgan fingerprint density at radius 3 is 2.63 bits per heavy atom. The van der Waals surface area contributed by atoms with Crippen molar-refractivity contribution in [2.24, 2.45) is 0 Å². The molecule has 0 radical (unpaired) electrons. The van der Waals surface area contributed by atoms with Crippen LogP contribution in [0.5, 0.6) is 0 Å². The van der Waals surface area contributed by atoms with Crippen molar-refractivity contribution in [3.8, 4) is 0 Å². The number of nitro benzene ring substituents is 1. The summed E-state index contributed by atoms with van der Waals surface area (Å²) in [7, 11) is 0. The zero-order valence-corrected chi connectivity index (χ0v) is 10.5. The number of halogens is 1. The fourth-order valence-electron chi connectivity index (χ4n) is 1.34. The summed E-state index contributed by atoms with van der Waals surface area (Å²) in [6, 6.07) is 3.69. The first kappa shape index (κ1) is 14.9. The number of carboxylic acids is 1. The Morgan fingerprint density at radius 2 is 2.05 bits per heavy atom. The van der Waals surface area contributed by atoms with Gasteiger partial charge in [-0.15, -0.1) is 0 Å². The van der Waals surface area contributed by atoms with Crippen molar-refractivity contribution in [3.05, 3.63) is 33.3 Å². The molecule has 7 nitrogen and oxygen atoms in total. The molecule has 102 valence electrons. The number of hydrogen-bond acceptors (Lipinski definition) is 4. The minimum atomic E-state index is -0.985. The van der Waals surface area contributed by atoms with Gasteiger partial charge in [0, 0.05) is 25.0 Å². The van der Waals surface area contributed by atoms with E-state index in [9.17, 15) is 19.7 Å². The number of nitrogens with zero attached hydrogens (tertiary/aromatic N) is 1. The molecule has 0 unspecified atom stereocenters. The molecule has 0 aliphatic heterocycles. The molecular weight excluding hydrogens is 276 g/mol. The van der Waals surface area contributed by atoms with E-state index >= 15 is 0 Å². The summed E-state index contributed by atoms with van der Waals surface area (Å²) in [6.45, 7) is 0. The first-order chi connectivity index (χ1) is 8.90. The number of anilines is 1. The number of non-ortho nitro benzene ring substituents is 1. The van der Waals surface area contributed by atoms with Gasteiger partial charge in [0.2, 0.25) is 5.91 Å². The summed E-state index contributed by atoms with van der Waals surface area (Å²) >= 11 is 5.80. The quantitative estimate of drug-likeness (QED) is 0.616. The predicted molar refractivity (Wildman–Crippen MR) is 68.2 cm³/mol. The van der Waals surface area contributed by atoms with E-state index in [2.05, 4.69) is 5.32 Å². The van der Waals surface area contributed by atoms with Crippen molar-refractivity contribution >= 4 is 34.9 Å². The Bertz CT molecular complexity index is 518. The van der Waals surface area contributed by atoms with E-state index in [1.807, 2.05) is 0 Å². The van der Waals surface area contributed by atoms with E-state index in [1.165, 1.54) is 12.1 Å². The summed E-state index contributed by atoms with van der Waals surface area (Å²) in [5.41, 5.74) is -0.0542. The molecule has 8 heteroatoms. The molecule has 19 heavy (non-hydrogen) atoms. The lowest BCUT2D eigenvalue weighted by molar-refractivity contribution is -0.384. The Morgan fingerprint density at radius 1 is 1.37 bits per heavy atom. The first-order valence-corrected chi connectivity index (χ1v) is 5.73. The zero-order chi connectivity index (χ0) is 14.4. The van der Waals surface area contributed by atoms with Crippen LogP contribution in [-0.4, -0.2) is 21.9 Å². The van der Waals surface area contributed by atoms with Crippen LogP contribution in [0.15, 0.2) is 18.2 Å². The third-order valence-corrected chi connectivity index (χ3v) is 2.56. The molecule has 1 aromatic rings. The maximum atomic E-state index is 11.5. The average Bonchev–Trinajstić information content (AvgIpc) is 2.31. The number of carboxylic acid groups (broad SMARTS) is 1. The molecule has 0 fully saturated rings. The molecule has 1 rings (SSSR count). The van der Waals surface area contributed by atoms with Crippen molar-refractivity contribution in [3.63, 3.8) is 0 Å². The molecule has 0 bridgehead atoms. The lowest BCUT2D eigenvalue weighted by atomic mass is 10.2. The highest BCUT2D eigenvalue weighted by molar-refractivity contribution is 6.33. The molecule has 0 aromatic heterocycles. The number of nitro groups is 1. The number of hydrogen-bond donors (Lipinski definition) is 2. The number of aliphatic carboxylic acids is 1. The largest absolute Gasteiger partial charge is 0.481 e. The van der Waals surface area contributed by atoms with Crippen LogP contribution in [-0.2, 0) is 9.59 Å². The standard InChI is InChI=1S/C11H11ClN2O5/c12-8-5-4-7(14(18)19)6-9(8)13-10(15)2-1-3-11(16)17/h4-6H,1-3H2,(H,13,15)(H,16,17). The molecule has 0 heterocycles. The van der Waals surface area contributed by atoms with Crippen LogP contribution in [0, 0.1) is 10.1 Å². The predicted octanol–water partition coefficient (Wildman–Crippen LogP) is 2.44. The van der Waals surface area contributed by atoms with Gasteiger partial charge in [-0.3, -0.25) is 19.7 Å². The third kappa shape index (κ3) is 4.92. The van der Waals surface area contributed by atoms with Crippen LogP contribution in [0.4, 0.5) is 11.4 Å². The van der Waals surface area contributed by atoms with Crippen molar-refractivity contribution in [2.45, 2.75) is 19.3 Å². The van der Waals surface area contributed by atoms with E-state index in [0.29, 0.717) is 0 Å². The van der Waals surface area contributed by atoms with Gasteiger partial charge in [0.15, 0.2) is 0 Å². The molecule has 0 aliphatic rings. The number of amides is 1. The van der Waals surface area contributed by atoms with E-state index in [0.717, 1.165) is 6.07 Å². The number of nitrogens with one attached hydrogen (secondary N) is 1. The van der Waals surface area contributed by atoms with Crippen LogP contribution in [0.2, 0.25) is 5.02 Å². The second-order valence-corrected chi connectivity index (χ2v) is 4.12. The third-order valence-electron chi connectivity index (χ3n) is 2.23. The number of benzene rings is 1. The summed E-state index contributed by atoms with van der Waals surface area (Å²) in [5.74, 6) is -1.43. The second-order valence-electron chi connectivity index (χ2n) is 3.72. The molecule has 0 saturated carbocycles. The highest BCUT2D eigenvalue weighted by Crippen LogP contribution is 2.26. The van der Waals surface area contributed by atoms with Crippen LogP contribution in [0.3, 0.4) is 0 Å². The van der Waals surface area contributed by atoms with Gasteiger partial charge in [-0.2, -0.15) is 0 Å². The van der Waals surface area contributed by atoms with Gasteiger partial charge in [-0.25, -0.2) is 0 Å². The maximum Gasteiger partial charge on any atom is 0.303 e. The van der Waals surface area contributed by atoms with Gasteiger partial charge in [-0.1, -0.05) is 11.6 Å².